The van der Waals surface area contributed by atoms with Crippen molar-refractivity contribution in [1.82, 2.24) is 0 Å². The fourth-order valence-corrected chi connectivity index (χ4v) is 1.77. The lowest BCUT2D eigenvalue weighted by molar-refractivity contribution is -0.509. The van der Waals surface area contributed by atoms with Gasteiger partial charge in [-0.1, -0.05) is 30.3 Å². The lowest BCUT2D eigenvalue weighted by Gasteiger charge is -2.10. The molecule has 0 heterocycles. The summed E-state index contributed by atoms with van der Waals surface area (Å²) in [5.74, 6) is -1.70. The minimum Gasteiger partial charge on any atom is -0.466 e. The Labute approximate surface area is 127 Å². The number of hydrogen-bond donors (Lipinski definition) is 0. The van der Waals surface area contributed by atoms with Crippen molar-refractivity contribution < 1.29 is 24.0 Å². The summed E-state index contributed by atoms with van der Waals surface area (Å²) in [4.78, 5) is 33.7. The highest BCUT2D eigenvalue weighted by molar-refractivity contribution is 5.94. The van der Waals surface area contributed by atoms with Crippen LogP contribution < -0.4 is 0 Å². The molecule has 1 atom stereocenters. The molecule has 1 aromatic carbocycles. The van der Waals surface area contributed by atoms with Crippen LogP contribution in [0.15, 0.2) is 35.9 Å². The monoisotopic (exact) mass is 307 g/mol. The quantitative estimate of drug-likeness (QED) is 0.330. The van der Waals surface area contributed by atoms with Gasteiger partial charge in [-0.2, -0.15) is 0 Å². The molecule has 0 aliphatic rings. The molecule has 0 bridgehead atoms. The zero-order valence-electron chi connectivity index (χ0n) is 12.4. The Bertz CT molecular complexity index is 567. The van der Waals surface area contributed by atoms with Crippen LogP contribution in [0.1, 0.15) is 18.9 Å². The molecule has 0 saturated heterocycles. The first-order valence-corrected chi connectivity index (χ1v) is 6.63. The summed E-state index contributed by atoms with van der Waals surface area (Å²) in [7, 11) is 1.17. The minimum absolute atomic E-state index is 0.0269. The Hall–Kier alpha value is -2.70. The Kier molecular flexibility index (Phi) is 6.75. The van der Waals surface area contributed by atoms with Crippen LogP contribution >= 0.6 is 0 Å². The number of carbonyl (C=O) groups excluding carboxylic acids is 2. The van der Waals surface area contributed by atoms with E-state index in [1.807, 2.05) is 0 Å². The summed E-state index contributed by atoms with van der Waals surface area (Å²) in [5.41, 5.74) is 0.706. The molecule has 0 saturated carbocycles. The van der Waals surface area contributed by atoms with Crippen molar-refractivity contribution in [3.05, 3.63) is 51.6 Å². The van der Waals surface area contributed by atoms with Crippen molar-refractivity contribution >= 4 is 18.0 Å². The van der Waals surface area contributed by atoms with E-state index in [0.29, 0.717) is 5.56 Å². The second-order valence-corrected chi connectivity index (χ2v) is 4.33. The van der Waals surface area contributed by atoms with Gasteiger partial charge in [0.2, 0.25) is 0 Å². The van der Waals surface area contributed by atoms with Gasteiger partial charge in [-0.3, -0.25) is 10.1 Å². The van der Waals surface area contributed by atoms with E-state index in [4.69, 9.17) is 0 Å². The second-order valence-electron chi connectivity index (χ2n) is 4.33. The number of benzene rings is 1. The fraction of sp³-hybridized carbons (Fsp3) is 0.333. The zero-order valence-corrected chi connectivity index (χ0v) is 12.4. The fourth-order valence-electron chi connectivity index (χ4n) is 1.77. The number of ether oxygens (including phenoxy) is 2. The van der Waals surface area contributed by atoms with Gasteiger partial charge in [0.25, 0.3) is 0 Å². The van der Waals surface area contributed by atoms with Crippen molar-refractivity contribution in [3.63, 3.8) is 0 Å². The number of rotatable bonds is 7. The maximum absolute atomic E-state index is 11.8. The van der Waals surface area contributed by atoms with Crippen molar-refractivity contribution in [2.75, 3.05) is 13.7 Å². The third-order valence-corrected chi connectivity index (χ3v) is 2.81. The van der Waals surface area contributed by atoms with Crippen LogP contribution in [-0.4, -0.2) is 36.6 Å². The van der Waals surface area contributed by atoms with Crippen LogP contribution in [-0.2, 0) is 19.1 Å². The SMILES string of the molecule is CCOC(=O)C(C/C(=C\c1ccccc1)C(=O)OC)[N+](=O)[O-]. The molecule has 22 heavy (non-hydrogen) atoms. The number of esters is 2. The van der Waals surface area contributed by atoms with Gasteiger partial charge < -0.3 is 9.47 Å². The Morgan fingerprint density at radius 1 is 1.32 bits per heavy atom. The van der Waals surface area contributed by atoms with Crippen LogP contribution in [0, 0.1) is 10.1 Å². The Balaban J connectivity index is 3.06. The van der Waals surface area contributed by atoms with Gasteiger partial charge >= 0.3 is 18.0 Å². The summed E-state index contributed by atoms with van der Waals surface area (Å²) in [6.45, 7) is 1.58. The summed E-state index contributed by atoms with van der Waals surface area (Å²) in [6, 6.07) is 7.14. The molecule has 0 N–H and O–H groups in total. The lowest BCUT2D eigenvalue weighted by Crippen LogP contribution is -2.33. The molecule has 0 aromatic heterocycles. The standard InChI is InChI=1S/C15H17NO6/c1-3-22-15(18)13(16(19)20)10-12(14(17)21-2)9-11-7-5-4-6-8-11/h4-9,13H,3,10H2,1-2H3/b12-9+. The van der Waals surface area contributed by atoms with E-state index in [-0.39, 0.29) is 12.2 Å². The molecule has 0 radical (unpaired) electrons. The van der Waals surface area contributed by atoms with E-state index in [1.54, 1.807) is 37.3 Å². The number of carbonyl (C=O) groups is 2. The van der Waals surface area contributed by atoms with Crippen molar-refractivity contribution in [1.29, 1.82) is 0 Å². The molecular formula is C15H17NO6. The molecule has 118 valence electrons. The summed E-state index contributed by atoms with van der Waals surface area (Å²) in [6.07, 6.45) is 1.06. The highest BCUT2D eigenvalue weighted by Crippen LogP contribution is 2.16. The van der Waals surface area contributed by atoms with Crippen LogP contribution in [0.5, 0.6) is 0 Å². The largest absolute Gasteiger partial charge is 0.466 e. The molecule has 7 nitrogen and oxygen atoms in total. The molecule has 1 aromatic rings. The number of hydrogen-bond acceptors (Lipinski definition) is 6. The predicted molar refractivity (Wildman–Crippen MR) is 78.5 cm³/mol. The minimum atomic E-state index is -1.64. The van der Waals surface area contributed by atoms with Gasteiger partial charge in [0.15, 0.2) is 0 Å². The third kappa shape index (κ3) is 5.01. The van der Waals surface area contributed by atoms with E-state index in [0.717, 1.165) is 0 Å². The molecular weight excluding hydrogens is 290 g/mol. The van der Waals surface area contributed by atoms with E-state index < -0.39 is 29.3 Å². The highest BCUT2D eigenvalue weighted by atomic mass is 16.6. The maximum atomic E-state index is 11.8. The highest BCUT2D eigenvalue weighted by Gasteiger charge is 2.34. The summed E-state index contributed by atoms with van der Waals surface area (Å²) < 4.78 is 9.29. The molecule has 0 aliphatic heterocycles. The number of methoxy groups -OCH3 is 1. The molecule has 0 aliphatic carbocycles. The summed E-state index contributed by atoms with van der Waals surface area (Å²) in [5, 5.41) is 11.0. The molecule has 0 fully saturated rings. The Morgan fingerprint density at radius 2 is 1.95 bits per heavy atom. The first-order valence-electron chi connectivity index (χ1n) is 6.63. The van der Waals surface area contributed by atoms with Gasteiger partial charge in [0.1, 0.15) is 0 Å². The van der Waals surface area contributed by atoms with Crippen LogP contribution in [0.2, 0.25) is 0 Å². The average molecular weight is 307 g/mol. The lowest BCUT2D eigenvalue weighted by atomic mass is 10.0. The number of nitrogens with zero attached hydrogens (tertiary/aromatic N) is 1. The van der Waals surface area contributed by atoms with Gasteiger partial charge in [0.05, 0.1) is 20.1 Å². The third-order valence-electron chi connectivity index (χ3n) is 2.81. The first kappa shape index (κ1) is 17.4. The normalized spacial score (nSPS) is 12.4. The van der Waals surface area contributed by atoms with Gasteiger partial charge in [-0.15, -0.1) is 0 Å². The number of nitro groups is 1. The van der Waals surface area contributed by atoms with Gasteiger partial charge in [0, 0.05) is 10.5 Å². The van der Waals surface area contributed by atoms with Crippen LogP contribution in [0.25, 0.3) is 6.08 Å². The molecule has 7 heteroatoms. The van der Waals surface area contributed by atoms with Gasteiger partial charge in [-0.25, -0.2) is 9.59 Å². The molecule has 0 spiro atoms. The smallest absolute Gasteiger partial charge is 0.382 e. The maximum Gasteiger partial charge on any atom is 0.382 e. The first-order chi connectivity index (χ1) is 10.5. The van der Waals surface area contributed by atoms with Crippen molar-refractivity contribution in [2.45, 2.75) is 19.4 Å². The topological polar surface area (TPSA) is 95.7 Å². The van der Waals surface area contributed by atoms with E-state index in [9.17, 15) is 19.7 Å². The predicted octanol–water partition coefficient (Wildman–Crippen LogP) is 1.84. The van der Waals surface area contributed by atoms with Crippen LogP contribution in [0.4, 0.5) is 0 Å². The zero-order chi connectivity index (χ0) is 16.5. The van der Waals surface area contributed by atoms with Crippen molar-refractivity contribution in [2.24, 2.45) is 0 Å². The van der Waals surface area contributed by atoms with E-state index in [1.165, 1.54) is 13.2 Å². The van der Waals surface area contributed by atoms with E-state index in [2.05, 4.69) is 9.47 Å². The second kappa shape index (κ2) is 8.56. The van der Waals surface area contributed by atoms with Gasteiger partial charge in [-0.05, 0) is 18.6 Å². The average Bonchev–Trinajstić information content (AvgIpc) is 2.51. The molecule has 0 amide bonds. The van der Waals surface area contributed by atoms with Crippen molar-refractivity contribution in [3.8, 4) is 0 Å². The molecule has 1 rings (SSSR count). The summed E-state index contributed by atoms with van der Waals surface area (Å²) >= 11 is 0. The Morgan fingerprint density at radius 3 is 2.45 bits per heavy atom. The van der Waals surface area contributed by atoms with E-state index >= 15 is 0 Å². The van der Waals surface area contributed by atoms with Crippen LogP contribution in [0.3, 0.4) is 0 Å². The molecule has 1 unspecified atom stereocenters.